The number of benzene rings is 2. The van der Waals surface area contributed by atoms with E-state index in [1.54, 1.807) is 13.8 Å². The fourth-order valence-electron chi connectivity index (χ4n) is 4.78. The summed E-state index contributed by atoms with van der Waals surface area (Å²) in [6.07, 6.45) is 0.220. The molecule has 2 aliphatic rings. The summed E-state index contributed by atoms with van der Waals surface area (Å²) in [5.74, 6) is -3.15. The predicted molar refractivity (Wildman–Crippen MR) is 140 cm³/mol. The predicted octanol–water partition coefficient (Wildman–Crippen LogP) is 3.41. The Morgan fingerprint density at radius 1 is 1.18 bits per heavy atom. The van der Waals surface area contributed by atoms with Crippen molar-refractivity contribution in [2.75, 3.05) is 19.5 Å². The summed E-state index contributed by atoms with van der Waals surface area (Å²) >= 11 is 1.20. The first-order valence-electron chi connectivity index (χ1n) is 12.2. The standard InChI is InChI=1S/C26H25F2N5O6S/c1-26(2,24-31-20-16(40-24)9-15(38-3)19(28)21(20)39-4)32-25(37)29-13-6-5-11-12(18(13)27)10-33(23(11)36)14-7-8-17(34)30-22(14)35/h5-6,9,14H,7-8,10H2,1-4H3,(H2,29,32,37)(H,30,34,35). The van der Waals surface area contributed by atoms with Crippen molar-refractivity contribution >= 4 is 51.0 Å². The average Bonchev–Trinajstić information content (AvgIpc) is 3.47. The molecule has 0 bridgehead atoms. The molecule has 5 amide bonds. The number of anilines is 1. The number of hydrogen-bond donors (Lipinski definition) is 3. The van der Waals surface area contributed by atoms with Gasteiger partial charge in [0.15, 0.2) is 17.3 Å². The van der Waals surface area contributed by atoms with E-state index in [0.29, 0.717) is 9.71 Å². The second-order valence-electron chi connectivity index (χ2n) is 9.85. The van der Waals surface area contributed by atoms with Crippen LogP contribution in [-0.2, 0) is 21.7 Å². The minimum Gasteiger partial charge on any atom is -0.493 e. The summed E-state index contributed by atoms with van der Waals surface area (Å²) in [7, 11) is 2.65. The Hall–Kier alpha value is -4.33. The van der Waals surface area contributed by atoms with E-state index in [1.807, 2.05) is 0 Å². The van der Waals surface area contributed by atoms with Gasteiger partial charge in [-0.3, -0.25) is 19.7 Å². The molecule has 1 unspecified atom stereocenters. The third kappa shape index (κ3) is 4.57. The van der Waals surface area contributed by atoms with Crippen molar-refractivity contribution in [1.29, 1.82) is 0 Å². The van der Waals surface area contributed by atoms with E-state index >= 15 is 4.39 Å². The summed E-state index contributed by atoms with van der Waals surface area (Å²) in [4.78, 5) is 55.2. The van der Waals surface area contributed by atoms with Gasteiger partial charge in [-0.25, -0.2) is 14.2 Å². The SMILES string of the molecule is COc1cc2sc(C(C)(C)NC(=O)Nc3ccc4c(c3F)CN(C3CCC(=O)NC3=O)C4=O)nc2c(OC)c1F. The number of nitrogens with zero attached hydrogens (tertiary/aromatic N) is 2. The van der Waals surface area contributed by atoms with Gasteiger partial charge in [0.1, 0.15) is 16.6 Å². The first kappa shape index (κ1) is 27.2. The van der Waals surface area contributed by atoms with Gasteiger partial charge in [0, 0.05) is 23.6 Å². The topological polar surface area (TPSA) is 139 Å². The van der Waals surface area contributed by atoms with Gasteiger partial charge in [-0.2, -0.15) is 4.39 Å². The van der Waals surface area contributed by atoms with Crippen LogP contribution < -0.4 is 25.4 Å². The molecule has 0 radical (unpaired) electrons. The van der Waals surface area contributed by atoms with Gasteiger partial charge in [0.2, 0.25) is 17.6 Å². The van der Waals surface area contributed by atoms with E-state index in [9.17, 15) is 23.6 Å². The molecule has 3 aromatic rings. The number of urea groups is 1. The maximum atomic E-state index is 15.4. The van der Waals surface area contributed by atoms with Gasteiger partial charge in [-0.1, -0.05) is 0 Å². The average molecular weight is 574 g/mol. The van der Waals surface area contributed by atoms with Crippen molar-refractivity contribution in [3.8, 4) is 11.5 Å². The Kier molecular flexibility index (Phi) is 6.82. The van der Waals surface area contributed by atoms with Crippen molar-refractivity contribution in [1.82, 2.24) is 20.5 Å². The zero-order valence-corrected chi connectivity index (χ0v) is 22.8. The fourth-order valence-corrected chi connectivity index (χ4v) is 5.84. The van der Waals surface area contributed by atoms with Gasteiger partial charge < -0.3 is 25.0 Å². The highest BCUT2D eigenvalue weighted by molar-refractivity contribution is 7.18. The lowest BCUT2D eigenvalue weighted by atomic mass is 10.0. The van der Waals surface area contributed by atoms with E-state index in [2.05, 4.69) is 20.9 Å². The number of aromatic nitrogens is 1. The lowest BCUT2D eigenvalue weighted by Crippen LogP contribution is -2.52. The number of thiazole rings is 1. The van der Waals surface area contributed by atoms with Gasteiger partial charge in [0.25, 0.3) is 5.91 Å². The second kappa shape index (κ2) is 10.0. The molecule has 1 fully saturated rings. The lowest BCUT2D eigenvalue weighted by molar-refractivity contribution is -0.136. The minimum atomic E-state index is -1.06. The number of rotatable bonds is 6. The molecule has 2 aromatic carbocycles. The molecular formula is C26H25F2N5O6S. The highest BCUT2D eigenvalue weighted by atomic mass is 32.1. The van der Waals surface area contributed by atoms with Gasteiger partial charge >= 0.3 is 6.03 Å². The van der Waals surface area contributed by atoms with Crippen molar-refractivity contribution < 1.29 is 37.4 Å². The first-order valence-corrected chi connectivity index (χ1v) is 13.0. The van der Waals surface area contributed by atoms with Crippen LogP contribution >= 0.6 is 11.3 Å². The number of carbonyl (C=O) groups excluding carboxylic acids is 4. The molecule has 210 valence electrons. The molecule has 2 aliphatic heterocycles. The molecule has 1 saturated heterocycles. The molecule has 1 atom stereocenters. The number of carbonyl (C=O) groups is 4. The number of halogens is 2. The number of ether oxygens (including phenoxy) is 2. The smallest absolute Gasteiger partial charge is 0.320 e. The molecule has 5 rings (SSSR count). The van der Waals surface area contributed by atoms with Crippen LogP contribution in [0.25, 0.3) is 10.2 Å². The molecule has 11 nitrogen and oxygen atoms in total. The van der Waals surface area contributed by atoms with E-state index < -0.39 is 47.0 Å². The Balaban J connectivity index is 1.34. The van der Waals surface area contributed by atoms with Crippen LogP contribution in [0.1, 0.15) is 47.6 Å². The zero-order valence-electron chi connectivity index (χ0n) is 21.9. The third-order valence-electron chi connectivity index (χ3n) is 6.83. The molecule has 0 aliphatic carbocycles. The van der Waals surface area contributed by atoms with Crippen LogP contribution in [0.5, 0.6) is 11.5 Å². The zero-order chi connectivity index (χ0) is 28.9. The number of piperidine rings is 1. The molecule has 0 spiro atoms. The van der Waals surface area contributed by atoms with E-state index in [-0.39, 0.29) is 53.2 Å². The summed E-state index contributed by atoms with van der Waals surface area (Å²) < 4.78 is 40.9. The molecule has 40 heavy (non-hydrogen) atoms. The van der Waals surface area contributed by atoms with Crippen LogP contribution in [0.2, 0.25) is 0 Å². The summed E-state index contributed by atoms with van der Waals surface area (Å²) in [5.41, 5.74) is -0.830. The number of amides is 5. The number of methoxy groups -OCH3 is 2. The normalized spacial score (nSPS) is 17.1. The number of fused-ring (bicyclic) bond motifs is 2. The van der Waals surface area contributed by atoms with E-state index in [1.165, 1.54) is 48.7 Å². The minimum absolute atomic E-state index is 0.00945. The molecule has 3 heterocycles. The van der Waals surface area contributed by atoms with E-state index in [0.717, 1.165) is 0 Å². The van der Waals surface area contributed by atoms with Crippen molar-refractivity contribution in [2.24, 2.45) is 0 Å². The van der Waals surface area contributed by atoms with Crippen LogP contribution in [0.3, 0.4) is 0 Å². The Labute approximate surface area is 230 Å². The maximum Gasteiger partial charge on any atom is 0.320 e. The third-order valence-corrected chi connectivity index (χ3v) is 8.15. The van der Waals surface area contributed by atoms with Crippen molar-refractivity contribution in [2.45, 2.75) is 44.8 Å². The lowest BCUT2D eigenvalue weighted by Gasteiger charge is -2.29. The number of imide groups is 1. The largest absolute Gasteiger partial charge is 0.493 e. The summed E-state index contributed by atoms with van der Waals surface area (Å²) in [6, 6.07) is 2.51. The Morgan fingerprint density at radius 3 is 2.60 bits per heavy atom. The molecule has 0 saturated carbocycles. The second-order valence-corrected chi connectivity index (χ2v) is 10.9. The molecular weight excluding hydrogens is 548 g/mol. The number of hydrogen-bond acceptors (Lipinski definition) is 8. The van der Waals surface area contributed by atoms with Gasteiger partial charge in [0.05, 0.1) is 36.7 Å². The van der Waals surface area contributed by atoms with Crippen molar-refractivity contribution in [3.63, 3.8) is 0 Å². The van der Waals surface area contributed by atoms with Crippen LogP contribution in [0, 0.1) is 11.6 Å². The summed E-state index contributed by atoms with van der Waals surface area (Å²) in [6.45, 7) is 3.18. The molecule has 3 N–H and O–H groups in total. The molecule has 1 aromatic heterocycles. The van der Waals surface area contributed by atoms with Gasteiger partial charge in [-0.15, -0.1) is 11.3 Å². The highest BCUT2D eigenvalue weighted by Crippen LogP contribution is 2.40. The molecule has 14 heteroatoms. The first-order chi connectivity index (χ1) is 18.9. The van der Waals surface area contributed by atoms with Crippen LogP contribution in [0.15, 0.2) is 18.2 Å². The Bertz CT molecular complexity index is 1590. The van der Waals surface area contributed by atoms with E-state index in [4.69, 9.17) is 9.47 Å². The highest BCUT2D eigenvalue weighted by Gasteiger charge is 2.40. The fraction of sp³-hybridized carbons (Fsp3) is 0.346. The van der Waals surface area contributed by atoms with Crippen LogP contribution in [-0.4, -0.2) is 53.9 Å². The quantitative estimate of drug-likeness (QED) is 0.384. The maximum absolute atomic E-state index is 15.4. The summed E-state index contributed by atoms with van der Waals surface area (Å²) in [5, 5.41) is 7.84. The van der Waals surface area contributed by atoms with Gasteiger partial charge in [-0.05, 0) is 32.4 Å². The van der Waals surface area contributed by atoms with Crippen molar-refractivity contribution in [3.05, 3.63) is 46.0 Å². The van der Waals surface area contributed by atoms with Crippen LogP contribution in [0.4, 0.5) is 19.3 Å². The number of nitrogens with one attached hydrogen (secondary N) is 3. The monoisotopic (exact) mass is 573 g/mol. The Morgan fingerprint density at radius 2 is 1.93 bits per heavy atom.